The van der Waals surface area contributed by atoms with Gasteiger partial charge in [0.05, 0.1) is 5.56 Å². The predicted octanol–water partition coefficient (Wildman–Crippen LogP) is 6.47. The minimum atomic E-state index is -0.932. The van der Waals surface area contributed by atoms with Crippen LogP contribution in [0.25, 0.3) is 11.1 Å². The van der Waals surface area contributed by atoms with Crippen LogP contribution in [0.3, 0.4) is 0 Å². The average Bonchev–Trinajstić information content (AvgIpc) is 2.81. The molecule has 0 fully saturated rings. The van der Waals surface area contributed by atoms with Gasteiger partial charge in [0.2, 0.25) is 5.91 Å². The molecule has 0 aliphatic heterocycles. The fourth-order valence-electron chi connectivity index (χ4n) is 3.52. The molecule has 1 amide bonds. The molecule has 0 saturated carbocycles. The molecule has 3 aromatic rings. The van der Waals surface area contributed by atoms with Crippen LogP contribution in [0.15, 0.2) is 72.8 Å². The summed E-state index contributed by atoms with van der Waals surface area (Å²) in [6.07, 6.45) is 3.22. The number of carboxylic acids is 1. The van der Waals surface area contributed by atoms with Crippen LogP contribution in [-0.2, 0) is 17.8 Å². The molecule has 0 atom stereocenters. The minimum absolute atomic E-state index is 0.175. The number of nitrogens with zero attached hydrogens (tertiary/aromatic N) is 1. The molecule has 3 aromatic carbocycles. The van der Waals surface area contributed by atoms with Gasteiger partial charge in [-0.25, -0.2) is 4.79 Å². The Hall–Kier alpha value is -3.11. The monoisotopic (exact) mass is 449 g/mol. The van der Waals surface area contributed by atoms with Crippen molar-refractivity contribution in [3.05, 3.63) is 94.5 Å². The molecule has 0 aliphatic carbocycles. The highest BCUT2D eigenvalue weighted by molar-refractivity contribution is 6.30. The predicted molar refractivity (Wildman–Crippen MR) is 129 cm³/mol. The van der Waals surface area contributed by atoms with Crippen molar-refractivity contribution in [2.45, 2.75) is 39.2 Å². The van der Waals surface area contributed by atoms with E-state index in [0.717, 1.165) is 41.5 Å². The number of amides is 1. The Morgan fingerprint density at radius 2 is 1.41 bits per heavy atom. The Kier molecular flexibility index (Phi) is 8.46. The third kappa shape index (κ3) is 6.69. The third-order valence-corrected chi connectivity index (χ3v) is 5.73. The van der Waals surface area contributed by atoms with Gasteiger partial charge in [-0.3, -0.25) is 4.79 Å². The molecule has 0 saturated heterocycles. The minimum Gasteiger partial charge on any atom is -0.478 e. The molecule has 0 bridgehead atoms. The molecule has 0 aliphatic rings. The van der Waals surface area contributed by atoms with E-state index in [-0.39, 0.29) is 11.5 Å². The van der Waals surface area contributed by atoms with Gasteiger partial charge in [0.25, 0.3) is 0 Å². The van der Waals surface area contributed by atoms with Crippen LogP contribution >= 0.6 is 11.6 Å². The van der Waals surface area contributed by atoms with Gasteiger partial charge >= 0.3 is 5.97 Å². The topological polar surface area (TPSA) is 57.6 Å². The summed E-state index contributed by atoms with van der Waals surface area (Å²) in [4.78, 5) is 25.8. The van der Waals surface area contributed by atoms with Crippen molar-refractivity contribution in [3.63, 3.8) is 0 Å². The summed E-state index contributed by atoms with van der Waals surface area (Å²) in [6, 6.07) is 22.7. The molecular formula is C27H28ClNO3. The van der Waals surface area contributed by atoms with E-state index in [2.05, 4.69) is 6.92 Å². The summed E-state index contributed by atoms with van der Waals surface area (Å²) < 4.78 is 0. The highest BCUT2D eigenvalue weighted by atomic mass is 35.5. The second kappa shape index (κ2) is 11.5. The number of carbonyl (C=O) groups excluding carboxylic acids is 1. The fourth-order valence-corrected chi connectivity index (χ4v) is 3.65. The van der Waals surface area contributed by atoms with E-state index in [0.29, 0.717) is 24.5 Å². The van der Waals surface area contributed by atoms with Crippen LogP contribution in [0, 0.1) is 0 Å². The van der Waals surface area contributed by atoms with Crippen molar-refractivity contribution in [3.8, 4) is 11.1 Å². The maximum Gasteiger partial charge on any atom is 0.335 e. The number of carbonyl (C=O) groups is 2. The number of unbranched alkanes of at least 4 members (excludes halogenated alkanes) is 1. The molecule has 1 N–H and O–H groups in total. The Morgan fingerprint density at radius 1 is 0.844 bits per heavy atom. The lowest BCUT2D eigenvalue weighted by molar-refractivity contribution is -0.131. The highest BCUT2D eigenvalue weighted by Gasteiger charge is 2.14. The number of hydrogen-bond acceptors (Lipinski definition) is 2. The van der Waals surface area contributed by atoms with Gasteiger partial charge in [-0.05, 0) is 59.4 Å². The van der Waals surface area contributed by atoms with Crippen LogP contribution in [-0.4, -0.2) is 28.4 Å². The number of hydrogen-bond donors (Lipinski definition) is 1. The highest BCUT2D eigenvalue weighted by Crippen LogP contribution is 2.21. The van der Waals surface area contributed by atoms with Crippen LogP contribution in [0.2, 0.25) is 5.02 Å². The van der Waals surface area contributed by atoms with Gasteiger partial charge in [-0.15, -0.1) is 0 Å². The summed E-state index contributed by atoms with van der Waals surface area (Å²) in [5, 5.41) is 9.77. The lowest BCUT2D eigenvalue weighted by atomic mass is 10.0. The quantitative estimate of drug-likeness (QED) is 0.386. The number of aromatic carboxylic acids is 1. The second-order valence-corrected chi connectivity index (χ2v) is 8.31. The Bertz CT molecular complexity index is 1030. The molecule has 0 unspecified atom stereocenters. The fraction of sp³-hybridized carbons (Fsp3) is 0.259. The van der Waals surface area contributed by atoms with Crippen molar-refractivity contribution in [2.75, 3.05) is 6.54 Å². The largest absolute Gasteiger partial charge is 0.478 e. The molecule has 3 rings (SSSR count). The van der Waals surface area contributed by atoms with Gasteiger partial charge in [0.1, 0.15) is 0 Å². The summed E-state index contributed by atoms with van der Waals surface area (Å²) in [6.45, 7) is 3.31. The van der Waals surface area contributed by atoms with E-state index in [9.17, 15) is 9.59 Å². The van der Waals surface area contributed by atoms with Gasteiger partial charge in [-0.1, -0.05) is 73.5 Å². The first-order chi connectivity index (χ1) is 15.5. The van der Waals surface area contributed by atoms with Crippen LogP contribution in [0.1, 0.15) is 47.7 Å². The first kappa shape index (κ1) is 23.6. The molecule has 166 valence electrons. The standard InChI is InChI=1S/C27H28ClNO3/c1-2-3-4-26(30)29(18-17-20-7-15-25(28)16-8-20)19-21-5-9-22(10-6-21)23-11-13-24(14-12-23)27(31)32/h5-16H,2-4,17-19H2,1H3,(H,31,32). The van der Waals surface area contributed by atoms with Gasteiger partial charge in [0.15, 0.2) is 0 Å². The first-order valence-electron chi connectivity index (χ1n) is 10.9. The smallest absolute Gasteiger partial charge is 0.335 e. The second-order valence-electron chi connectivity index (χ2n) is 7.87. The lowest BCUT2D eigenvalue weighted by Crippen LogP contribution is -2.32. The van der Waals surface area contributed by atoms with Crippen LogP contribution in [0.5, 0.6) is 0 Å². The maximum atomic E-state index is 12.8. The zero-order valence-corrected chi connectivity index (χ0v) is 19.0. The molecule has 0 radical (unpaired) electrons. The number of benzene rings is 3. The number of halogens is 1. The van der Waals surface area contributed by atoms with E-state index in [1.54, 1.807) is 12.1 Å². The third-order valence-electron chi connectivity index (χ3n) is 5.47. The van der Waals surface area contributed by atoms with Crippen molar-refractivity contribution in [1.29, 1.82) is 0 Å². The van der Waals surface area contributed by atoms with Crippen molar-refractivity contribution in [1.82, 2.24) is 4.90 Å². The Morgan fingerprint density at radius 3 is 1.97 bits per heavy atom. The molecule has 4 nitrogen and oxygen atoms in total. The lowest BCUT2D eigenvalue weighted by Gasteiger charge is -2.23. The van der Waals surface area contributed by atoms with Crippen molar-refractivity contribution < 1.29 is 14.7 Å². The molecule has 0 aromatic heterocycles. The molecule has 0 spiro atoms. The summed E-state index contributed by atoms with van der Waals surface area (Å²) in [5.41, 5.74) is 4.46. The van der Waals surface area contributed by atoms with Crippen LogP contribution in [0.4, 0.5) is 0 Å². The van der Waals surface area contributed by atoms with E-state index in [1.807, 2.05) is 65.6 Å². The Labute approximate surface area is 194 Å². The van der Waals surface area contributed by atoms with Gasteiger partial charge < -0.3 is 10.0 Å². The Balaban J connectivity index is 1.69. The van der Waals surface area contributed by atoms with E-state index in [1.165, 1.54) is 0 Å². The van der Waals surface area contributed by atoms with Crippen molar-refractivity contribution >= 4 is 23.5 Å². The van der Waals surface area contributed by atoms with Gasteiger partial charge in [-0.2, -0.15) is 0 Å². The van der Waals surface area contributed by atoms with E-state index >= 15 is 0 Å². The summed E-state index contributed by atoms with van der Waals surface area (Å²) >= 11 is 5.98. The SMILES string of the molecule is CCCCC(=O)N(CCc1ccc(Cl)cc1)Cc1ccc(-c2ccc(C(=O)O)cc2)cc1. The van der Waals surface area contributed by atoms with Crippen molar-refractivity contribution in [2.24, 2.45) is 0 Å². The normalized spacial score (nSPS) is 10.7. The van der Waals surface area contributed by atoms with E-state index in [4.69, 9.17) is 16.7 Å². The number of carboxylic acid groups (broad SMARTS) is 1. The molecule has 0 heterocycles. The van der Waals surface area contributed by atoms with Crippen LogP contribution < -0.4 is 0 Å². The zero-order valence-electron chi connectivity index (χ0n) is 18.3. The van der Waals surface area contributed by atoms with E-state index < -0.39 is 5.97 Å². The maximum absolute atomic E-state index is 12.8. The summed E-state index contributed by atoms with van der Waals surface area (Å²) in [5.74, 6) is -0.757. The molecular weight excluding hydrogens is 422 g/mol. The van der Waals surface area contributed by atoms with Gasteiger partial charge in [0, 0.05) is 24.5 Å². The molecule has 5 heteroatoms. The molecule has 32 heavy (non-hydrogen) atoms. The summed E-state index contributed by atoms with van der Waals surface area (Å²) in [7, 11) is 0. The number of rotatable bonds is 10. The first-order valence-corrected chi connectivity index (χ1v) is 11.3. The average molecular weight is 450 g/mol. The zero-order chi connectivity index (χ0) is 22.9.